The molecule has 0 spiro atoms. The molecule has 1 N–H and O–H groups in total. The van der Waals surface area contributed by atoms with E-state index in [9.17, 15) is 4.79 Å². The largest absolute Gasteiger partial charge is 0.320 e. The first-order valence-electron chi connectivity index (χ1n) is 7.55. The molecule has 3 nitrogen and oxygen atoms in total. The molecule has 0 saturated heterocycles. The number of carbonyl (C=O) groups excluding carboxylic acids is 1. The first-order valence-corrected chi connectivity index (χ1v) is 7.55. The van der Waals surface area contributed by atoms with E-state index in [0.717, 1.165) is 38.8 Å². The topological polar surface area (TPSA) is 32.3 Å². The summed E-state index contributed by atoms with van der Waals surface area (Å²) in [6.07, 6.45) is 3.10. The lowest BCUT2D eigenvalue weighted by Gasteiger charge is -2.29. The van der Waals surface area contributed by atoms with Gasteiger partial charge in [0.15, 0.2) is 0 Å². The molecule has 0 aliphatic carbocycles. The van der Waals surface area contributed by atoms with Crippen molar-refractivity contribution in [2.24, 2.45) is 5.92 Å². The van der Waals surface area contributed by atoms with Crippen molar-refractivity contribution in [1.29, 1.82) is 0 Å². The van der Waals surface area contributed by atoms with E-state index in [1.165, 1.54) is 5.56 Å². The highest BCUT2D eigenvalue weighted by molar-refractivity contribution is 5.57. The molecule has 0 amide bonds. The number of carbonyl (C=O) groups is 1. The summed E-state index contributed by atoms with van der Waals surface area (Å²) in [4.78, 5) is 13.8. The molecule has 0 radical (unpaired) electrons. The molecule has 0 aliphatic heterocycles. The number of aldehydes is 1. The average Bonchev–Trinajstić information content (AvgIpc) is 2.45. The van der Waals surface area contributed by atoms with E-state index in [4.69, 9.17) is 0 Å². The van der Waals surface area contributed by atoms with Crippen LogP contribution in [0, 0.1) is 5.92 Å². The van der Waals surface area contributed by atoms with E-state index < -0.39 is 0 Å². The molecule has 112 valence electrons. The smallest absolute Gasteiger partial charge is 0.137 e. The van der Waals surface area contributed by atoms with Gasteiger partial charge < -0.3 is 10.1 Å². The maximum absolute atomic E-state index is 11.4. The molecule has 1 rings (SSSR count). The number of benzene rings is 1. The molecule has 1 unspecified atom stereocenters. The van der Waals surface area contributed by atoms with Crippen LogP contribution in [0.15, 0.2) is 30.3 Å². The third-order valence-electron chi connectivity index (χ3n) is 3.44. The van der Waals surface area contributed by atoms with Gasteiger partial charge in [-0.1, -0.05) is 44.2 Å². The van der Waals surface area contributed by atoms with E-state index >= 15 is 0 Å². The van der Waals surface area contributed by atoms with Gasteiger partial charge in [0.25, 0.3) is 0 Å². The van der Waals surface area contributed by atoms with Gasteiger partial charge in [0, 0.05) is 13.1 Å². The average molecular weight is 276 g/mol. The minimum atomic E-state index is 0.0204. The fourth-order valence-corrected chi connectivity index (χ4v) is 2.41. The van der Waals surface area contributed by atoms with E-state index in [0.29, 0.717) is 5.92 Å². The molecule has 0 aliphatic rings. The van der Waals surface area contributed by atoms with Crippen molar-refractivity contribution in [3.05, 3.63) is 35.9 Å². The van der Waals surface area contributed by atoms with E-state index in [-0.39, 0.29) is 6.04 Å². The SMILES string of the molecule is CNCCCN(Cc1ccccc1)C(C=O)CC(C)C. The van der Waals surface area contributed by atoms with Crippen molar-refractivity contribution < 1.29 is 4.79 Å². The summed E-state index contributed by atoms with van der Waals surface area (Å²) in [7, 11) is 1.97. The zero-order valence-electron chi connectivity index (χ0n) is 13.0. The van der Waals surface area contributed by atoms with Gasteiger partial charge >= 0.3 is 0 Å². The predicted octanol–water partition coefficient (Wildman–Crippen LogP) is 2.71. The second kappa shape index (κ2) is 9.67. The zero-order chi connectivity index (χ0) is 14.8. The van der Waals surface area contributed by atoms with Crippen LogP contribution in [0.2, 0.25) is 0 Å². The van der Waals surface area contributed by atoms with Crippen LogP contribution in [0.4, 0.5) is 0 Å². The monoisotopic (exact) mass is 276 g/mol. The first-order chi connectivity index (χ1) is 9.67. The highest BCUT2D eigenvalue weighted by Crippen LogP contribution is 2.14. The van der Waals surface area contributed by atoms with Crippen LogP contribution < -0.4 is 5.32 Å². The van der Waals surface area contributed by atoms with Gasteiger partial charge in [0.1, 0.15) is 6.29 Å². The molecule has 0 fully saturated rings. The lowest BCUT2D eigenvalue weighted by molar-refractivity contribution is -0.113. The quantitative estimate of drug-likeness (QED) is 0.527. The Morgan fingerprint density at radius 3 is 2.50 bits per heavy atom. The standard InChI is InChI=1S/C17H28N2O/c1-15(2)12-17(14-20)19(11-7-10-18-3)13-16-8-5-4-6-9-16/h4-6,8-9,14-15,17-18H,7,10-13H2,1-3H3. The second-order valence-electron chi connectivity index (χ2n) is 5.75. The fraction of sp³-hybridized carbons (Fsp3) is 0.588. The van der Waals surface area contributed by atoms with Gasteiger partial charge in [-0.15, -0.1) is 0 Å². The van der Waals surface area contributed by atoms with E-state index in [2.05, 4.69) is 48.3 Å². The molecule has 0 aromatic heterocycles. The van der Waals surface area contributed by atoms with Gasteiger partial charge in [-0.2, -0.15) is 0 Å². The Hall–Kier alpha value is -1.19. The Bertz CT molecular complexity index is 365. The Labute approximate surface area is 123 Å². The van der Waals surface area contributed by atoms with Crippen LogP contribution in [0.25, 0.3) is 0 Å². The zero-order valence-corrected chi connectivity index (χ0v) is 13.0. The summed E-state index contributed by atoms with van der Waals surface area (Å²) in [5, 5.41) is 3.17. The van der Waals surface area contributed by atoms with E-state index in [1.807, 2.05) is 13.1 Å². The number of nitrogens with zero attached hydrogens (tertiary/aromatic N) is 1. The Morgan fingerprint density at radius 2 is 1.95 bits per heavy atom. The molecule has 0 saturated carbocycles. The minimum absolute atomic E-state index is 0.0204. The molecule has 20 heavy (non-hydrogen) atoms. The molecule has 0 bridgehead atoms. The summed E-state index contributed by atoms with van der Waals surface area (Å²) >= 11 is 0. The molecule has 1 atom stereocenters. The van der Waals surface area contributed by atoms with Gasteiger partial charge in [-0.25, -0.2) is 0 Å². The third-order valence-corrected chi connectivity index (χ3v) is 3.44. The third kappa shape index (κ3) is 6.31. The summed E-state index contributed by atoms with van der Waals surface area (Å²) in [5.74, 6) is 0.535. The lowest BCUT2D eigenvalue weighted by atomic mass is 10.0. The van der Waals surface area contributed by atoms with Gasteiger partial charge in [-0.05, 0) is 37.9 Å². The van der Waals surface area contributed by atoms with Crippen LogP contribution in [-0.4, -0.2) is 37.4 Å². The summed E-state index contributed by atoms with van der Waals surface area (Å²) in [6, 6.07) is 10.4. The van der Waals surface area contributed by atoms with Crippen LogP contribution >= 0.6 is 0 Å². The Balaban J connectivity index is 2.69. The Morgan fingerprint density at radius 1 is 1.25 bits per heavy atom. The van der Waals surface area contributed by atoms with Crippen molar-refractivity contribution in [3.8, 4) is 0 Å². The van der Waals surface area contributed by atoms with Crippen molar-refractivity contribution in [2.75, 3.05) is 20.1 Å². The normalized spacial score (nSPS) is 12.8. The highest BCUT2D eigenvalue weighted by Gasteiger charge is 2.18. The van der Waals surface area contributed by atoms with E-state index in [1.54, 1.807) is 0 Å². The molecular weight excluding hydrogens is 248 g/mol. The number of hydrogen-bond acceptors (Lipinski definition) is 3. The van der Waals surface area contributed by atoms with Crippen LogP contribution in [0.5, 0.6) is 0 Å². The van der Waals surface area contributed by atoms with Gasteiger partial charge in [-0.3, -0.25) is 4.90 Å². The predicted molar refractivity (Wildman–Crippen MR) is 84.7 cm³/mol. The van der Waals surface area contributed by atoms with Crippen molar-refractivity contribution in [2.45, 2.75) is 39.3 Å². The molecular formula is C17H28N2O. The fourth-order valence-electron chi connectivity index (χ4n) is 2.41. The number of hydrogen-bond donors (Lipinski definition) is 1. The van der Waals surface area contributed by atoms with Crippen molar-refractivity contribution in [3.63, 3.8) is 0 Å². The summed E-state index contributed by atoms with van der Waals surface area (Å²) < 4.78 is 0. The number of nitrogens with one attached hydrogen (secondary N) is 1. The highest BCUT2D eigenvalue weighted by atomic mass is 16.1. The van der Waals surface area contributed by atoms with Crippen LogP contribution in [-0.2, 0) is 11.3 Å². The summed E-state index contributed by atoms with van der Waals surface area (Å²) in [6.45, 7) is 7.13. The van der Waals surface area contributed by atoms with Gasteiger partial charge in [0.05, 0.1) is 6.04 Å². The summed E-state index contributed by atoms with van der Waals surface area (Å²) in [5.41, 5.74) is 1.27. The van der Waals surface area contributed by atoms with Crippen LogP contribution in [0.1, 0.15) is 32.3 Å². The minimum Gasteiger partial charge on any atom is -0.320 e. The molecule has 1 aromatic carbocycles. The second-order valence-corrected chi connectivity index (χ2v) is 5.75. The number of rotatable bonds is 10. The Kier molecular flexibility index (Phi) is 8.16. The first kappa shape index (κ1) is 16.9. The molecule has 1 aromatic rings. The lowest BCUT2D eigenvalue weighted by Crippen LogP contribution is -2.38. The maximum atomic E-state index is 11.4. The van der Waals surface area contributed by atoms with Crippen molar-refractivity contribution in [1.82, 2.24) is 10.2 Å². The maximum Gasteiger partial charge on any atom is 0.137 e. The molecule has 0 heterocycles. The van der Waals surface area contributed by atoms with Crippen molar-refractivity contribution >= 4 is 6.29 Å². The van der Waals surface area contributed by atoms with Crippen LogP contribution in [0.3, 0.4) is 0 Å². The van der Waals surface area contributed by atoms with Gasteiger partial charge in [0.2, 0.25) is 0 Å². The molecule has 3 heteroatoms.